The fourth-order valence-corrected chi connectivity index (χ4v) is 4.78. The smallest absolute Gasteiger partial charge is 0.416 e. The second-order valence-corrected chi connectivity index (χ2v) is 8.95. The summed E-state index contributed by atoms with van der Waals surface area (Å²) >= 11 is 0. The van der Waals surface area contributed by atoms with E-state index in [1.165, 1.54) is 19.2 Å². The van der Waals surface area contributed by atoms with Crippen LogP contribution in [0.15, 0.2) is 72.3 Å². The Labute approximate surface area is 210 Å². The predicted molar refractivity (Wildman–Crippen MR) is 129 cm³/mol. The molecule has 0 aliphatic carbocycles. The number of hydrogen-bond acceptors (Lipinski definition) is 5. The summed E-state index contributed by atoms with van der Waals surface area (Å²) in [6.45, 7) is 1.91. The van der Waals surface area contributed by atoms with E-state index in [9.17, 15) is 27.9 Å². The Hall–Kier alpha value is -4.27. The molecule has 6 nitrogen and oxygen atoms in total. The maximum atomic E-state index is 13.5. The highest BCUT2D eigenvalue weighted by Crippen LogP contribution is 2.44. The van der Waals surface area contributed by atoms with E-state index >= 15 is 0 Å². The van der Waals surface area contributed by atoms with E-state index in [1.54, 1.807) is 42.5 Å². The molecule has 2 aliphatic rings. The molecule has 0 radical (unpaired) electrons. The molecule has 9 heteroatoms. The molecule has 0 aromatic heterocycles. The summed E-state index contributed by atoms with van der Waals surface area (Å²) in [4.78, 5) is 27.6. The topological polar surface area (TPSA) is 76.1 Å². The van der Waals surface area contributed by atoms with Crippen LogP contribution in [-0.4, -0.2) is 30.0 Å². The van der Waals surface area contributed by atoms with Gasteiger partial charge in [-0.2, -0.15) is 13.2 Å². The van der Waals surface area contributed by atoms with Gasteiger partial charge in [-0.05, 0) is 66.6 Å². The van der Waals surface area contributed by atoms with E-state index < -0.39 is 35.2 Å². The average Bonchev–Trinajstić information content (AvgIpc) is 3.38. The Morgan fingerprint density at radius 1 is 1.05 bits per heavy atom. The Bertz CT molecular complexity index is 1450. The van der Waals surface area contributed by atoms with Gasteiger partial charge in [0.15, 0.2) is 0 Å². The number of hydrogen-bond donors (Lipinski definition) is 1. The third-order valence-electron chi connectivity index (χ3n) is 6.48. The zero-order chi connectivity index (χ0) is 26.5. The molecule has 3 aromatic carbocycles. The molecule has 2 unspecified atom stereocenters. The van der Waals surface area contributed by atoms with Gasteiger partial charge in [0.2, 0.25) is 0 Å². The number of Topliss-reactive ketones (excluding diaryl/α,β-unsaturated/α-hetero) is 1. The molecule has 3 aromatic rings. The van der Waals surface area contributed by atoms with Crippen LogP contribution in [0.3, 0.4) is 0 Å². The SMILES string of the molecule is COc1cccc(C2/C(=C(/O)c3ccc4c(c3)CC(C)O4)C(=O)C(=O)N2c2cccc(C(F)(F)F)c2)c1. The van der Waals surface area contributed by atoms with Gasteiger partial charge in [0.25, 0.3) is 11.7 Å². The maximum absolute atomic E-state index is 13.5. The molecule has 2 aliphatic heterocycles. The number of benzene rings is 3. The lowest BCUT2D eigenvalue weighted by molar-refractivity contribution is -0.137. The van der Waals surface area contributed by atoms with Gasteiger partial charge in [-0.1, -0.05) is 18.2 Å². The molecule has 37 heavy (non-hydrogen) atoms. The normalized spacial score (nSPS) is 20.6. The van der Waals surface area contributed by atoms with Crippen molar-refractivity contribution < 1.29 is 37.3 Å². The van der Waals surface area contributed by atoms with Crippen molar-refractivity contribution in [1.29, 1.82) is 0 Å². The highest BCUT2D eigenvalue weighted by molar-refractivity contribution is 6.51. The van der Waals surface area contributed by atoms with Crippen molar-refractivity contribution >= 4 is 23.1 Å². The summed E-state index contributed by atoms with van der Waals surface area (Å²) < 4.78 is 51.4. The molecule has 0 bridgehead atoms. The molecule has 190 valence electrons. The molecule has 2 atom stereocenters. The molecular weight excluding hydrogens is 487 g/mol. The largest absolute Gasteiger partial charge is 0.507 e. The summed E-state index contributed by atoms with van der Waals surface area (Å²) in [7, 11) is 1.44. The lowest BCUT2D eigenvalue weighted by Crippen LogP contribution is -2.29. The van der Waals surface area contributed by atoms with Crippen molar-refractivity contribution in [2.75, 3.05) is 12.0 Å². The van der Waals surface area contributed by atoms with E-state index in [0.717, 1.165) is 22.6 Å². The molecule has 1 N–H and O–H groups in total. The number of alkyl halides is 3. The molecular formula is C28H22F3NO5. The third-order valence-corrected chi connectivity index (χ3v) is 6.48. The highest BCUT2D eigenvalue weighted by atomic mass is 19.4. The Morgan fingerprint density at radius 2 is 1.81 bits per heavy atom. The summed E-state index contributed by atoms with van der Waals surface area (Å²) in [5.74, 6) is -1.41. The van der Waals surface area contributed by atoms with Crippen LogP contribution in [-0.2, 0) is 22.2 Å². The summed E-state index contributed by atoms with van der Waals surface area (Å²) in [6, 6.07) is 14.4. The van der Waals surface area contributed by atoms with Crippen molar-refractivity contribution in [1.82, 2.24) is 0 Å². The quantitative estimate of drug-likeness (QED) is 0.279. The number of nitrogens with zero attached hydrogens (tertiary/aromatic N) is 1. The third kappa shape index (κ3) is 4.30. The minimum absolute atomic E-state index is 0.0457. The molecule has 1 amide bonds. The number of methoxy groups -OCH3 is 1. The van der Waals surface area contributed by atoms with Crippen LogP contribution in [0.1, 0.15) is 35.2 Å². The monoisotopic (exact) mass is 509 g/mol. The lowest BCUT2D eigenvalue weighted by Gasteiger charge is -2.26. The van der Waals surface area contributed by atoms with Crippen LogP contribution in [0.2, 0.25) is 0 Å². The minimum Gasteiger partial charge on any atom is -0.507 e. The lowest BCUT2D eigenvalue weighted by atomic mass is 9.94. The number of carbonyl (C=O) groups is 2. The van der Waals surface area contributed by atoms with Crippen molar-refractivity contribution in [2.24, 2.45) is 0 Å². The van der Waals surface area contributed by atoms with Gasteiger partial charge < -0.3 is 14.6 Å². The minimum atomic E-state index is -4.65. The molecule has 0 saturated carbocycles. The Balaban J connectivity index is 1.70. The second kappa shape index (κ2) is 8.99. The molecule has 5 rings (SSSR count). The Kier molecular flexibility index (Phi) is 5.94. The van der Waals surface area contributed by atoms with E-state index in [-0.39, 0.29) is 17.4 Å². The van der Waals surface area contributed by atoms with Crippen LogP contribution in [0, 0.1) is 0 Å². The number of carbonyl (C=O) groups excluding carboxylic acids is 2. The molecule has 2 heterocycles. The molecule has 1 saturated heterocycles. The first kappa shape index (κ1) is 24.4. The predicted octanol–water partition coefficient (Wildman–Crippen LogP) is 5.66. The molecule has 1 fully saturated rings. The number of anilines is 1. The van der Waals surface area contributed by atoms with Crippen LogP contribution < -0.4 is 14.4 Å². The van der Waals surface area contributed by atoms with Crippen molar-refractivity contribution in [2.45, 2.75) is 31.7 Å². The van der Waals surface area contributed by atoms with Crippen molar-refractivity contribution in [3.63, 3.8) is 0 Å². The zero-order valence-corrected chi connectivity index (χ0v) is 19.9. The highest BCUT2D eigenvalue weighted by Gasteiger charge is 2.47. The van der Waals surface area contributed by atoms with E-state index in [2.05, 4.69) is 0 Å². The van der Waals surface area contributed by atoms with Gasteiger partial charge in [0, 0.05) is 17.7 Å². The van der Waals surface area contributed by atoms with Gasteiger partial charge in [0.05, 0.1) is 24.3 Å². The average molecular weight is 509 g/mol. The van der Waals surface area contributed by atoms with Gasteiger partial charge in [0.1, 0.15) is 23.4 Å². The first-order chi connectivity index (χ1) is 17.6. The van der Waals surface area contributed by atoms with Gasteiger partial charge in [-0.3, -0.25) is 14.5 Å². The summed E-state index contributed by atoms with van der Waals surface area (Å²) in [5.41, 5.74) is 0.190. The van der Waals surface area contributed by atoms with E-state index in [4.69, 9.17) is 9.47 Å². The second-order valence-electron chi connectivity index (χ2n) is 8.95. The number of aliphatic hydroxyl groups excluding tert-OH is 1. The molecule has 0 spiro atoms. The number of fused-ring (bicyclic) bond motifs is 1. The number of ketones is 1. The zero-order valence-electron chi connectivity index (χ0n) is 19.9. The van der Waals surface area contributed by atoms with Crippen molar-refractivity contribution in [3.8, 4) is 11.5 Å². The fourth-order valence-electron chi connectivity index (χ4n) is 4.78. The number of amides is 1. The Morgan fingerprint density at radius 3 is 2.54 bits per heavy atom. The van der Waals surface area contributed by atoms with Gasteiger partial charge in [-0.15, -0.1) is 0 Å². The maximum Gasteiger partial charge on any atom is 0.416 e. The fraction of sp³-hybridized carbons (Fsp3) is 0.214. The number of ether oxygens (including phenoxy) is 2. The van der Waals surface area contributed by atoms with Gasteiger partial charge in [-0.25, -0.2) is 0 Å². The standard InChI is InChI=1S/C28H22F3NO5/c1-15-11-18-12-17(9-10-22(18)37-15)25(33)23-24(16-5-3-8-21(13-16)36-2)32(27(35)26(23)34)20-7-4-6-19(14-20)28(29,30)31/h3-10,12-15,24,33H,11H2,1-2H3/b25-23-. The summed E-state index contributed by atoms with van der Waals surface area (Å²) in [5, 5.41) is 11.3. The van der Waals surface area contributed by atoms with E-state index in [0.29, 0.717) is 29.0 Å². The number of rotatable bonds is 4. The van der Waals surface area contributed by atoms with Crippen LogP contribution in [0.4, 0.5) is 18.9 Å². The van der Waals surface area contributed by atoms with Crippen LogP contribution >= 0.6 is 0 Å². The van der Waals surface area contributed by atoms with E-state index in [1.807, 2.05) is 6.92 Å². The number of aliphatic hydroxyl groups is 1. The van der Waals surface area contributed by atoms with Crippen LogP contribution in [0.25, 0.3) is 5.76 Å². The first-order valence-electron chi connectivity index (χ1n) is 11.5. The van der Waals surface area contributed by atoms with Crippen molar-refractivity contribution in [3.05, 3.63) is 94.6 Å². The number of halogens is 3. The van der Waals surface area contributed by atoms with Crippen LogP contribution in [0.5, 0.6) is 11.5 Å². The summed E-state index contributed by atoms with van der Waals surface area (Å²) in [6.07, 6.45) is -4.09. The van der Waals surface area contributed by atoms with Gasteiger partial charge >= 0.3 is 6.18 Å². The first-order valence-corrected chi connectivity index (χ1v) is 11.5.